The Morgan fingerprint density at radius 3 is 2.81 bits per heavy atom. The summed E-state index contributed by atoms with van der Waals surface area (Å²) in [7, 11) is 1.86. The number of halogens is 2. The average molecular weight is 293 g/mol. The van der Waals surface area contributed by atoms with Crippen LogP contribution in [0.2, 0.25) is 0 Å². The molecule has 0 saturated heterocycles. The van der Waals surface area contributed by atoms with Crippen molar-refractivity contribution in [1.82, 2.24) is 15.1 Å². The van der Waals surface area contributed by atoms with Crippen LogP contribution in [-0.2, 0) is 13.5 Å². The van der Waals surface area contributed by atoms with Gasteiger partial charge in [0.2, 0.25) is 0 Å². The molecule has 21 heavy (non-hydrogen) atoms. The molecule has 1 unspecified atom stereocenters. The Labute approximate surface area is 124 Å². The van der Waals surface area contributed by atoms with E-state index in [4.69, 9.17) is 0 Å². The minimum Gasteiger partial charge on any atom is -0.310 e. The van der Waals surface area contributed by atoms with Crippen LogP contribution in [0.1, 0.15) is 36.9 Å². The Hall–Kier alpha value is -1.75. The summed E-state index contributed by atoms with van der Waals surface area (Å²) in [6.07, 6.45) is 6.16. The maximum Gasteiger partial charge on any atom is 0.128 e. The zero-order chi connectivity index (χ0) is 15.2. The molecule has 0 radical (unpaired) electrons. The number of hydrogen-bond donors (Lipinski definition) is 1. The largest absolute Gasteiger partial charge is 0.310 e. The first kappa shape index (κ1) is 15.6. The van der Waals surface area contributed by atoms with Gasteiger partial charge in [0.05, 0.1) is 6.20 Å². The molecule has 1 aromatic heterocycles. The highest BCUT2D eigenvalue weighted by Crippen LogP contribution is 2.23. The first-order valence-electron chi connectivity index (χ1n) is 7.26. The van der Waals surface area contributed by atoms with Crippen molar-refractivity contribution in [3.63, 3.8) is 0 Å². The van der Waals surface area contributed by atoms with Crippen LogP contribution in [0, 0.1) is 11.6 Å². The molecule has 1 N–H and O–H groups in total. The molecule has 2 rings (SSSR count). The normalized spacial score (nSPS) is 12.6. The Morgan fingerprint density at radius 2 is 2.14 bits per heavy atom. The fraction of sp³-hybridized carbons (Fsp3) is 0.438. The highest BCUT2D eigenvalue weighted by Gasteiger charge is 2.16. The summed E-state index contributed by atoms with van der Waals surface area (Å²) in [6.45, 7) is 2.82. The Bertz CT molecular complexity index is 581. The molecule has 5 heteroatoms. The molecule has 0 spiro atoms. The van der Waals surface area contributed by atoms with Gasteiger partial charge in [-0.3, -0.25) is 4.68 Å². The second-order valence-corrected chi connectivity index (χ2v) is 5.23. The lowest BCUT2D eigenvalue weighted by molar-refractivity contribution is 0.469. The van der Waals surface area contributed by atoms with Crippen LogP contribution in [0.3, 0.4) is 0 Å². The van der Waals surface area contributed by atoms with Gasteiger partial charge in [-0.2, -0.15) is 5.10 Å². The molecule has 0 fully saturated rings. The summed E-state index contributed by atoms with van der Waals surface area (Å²) in [5, 5.41) is 7.42. The lowest BCUT2D eigenvalue weighted by Gasteiger charge is -2.19. The summed E-state index contributed by atoms with van der Waals surface area (Å²) >= 11 is 0. The van der Waals surface area contributed by atoms with Crippen molar-refractivity contribution < 1.29 is 8.78 Å². The smallest absolute Gasteiger partial charge is 0.128 e. The number of aryl methyl sites for hydroxylation is 2. The maximum absolute atomic E-state index is 14.0. The molecule has 0 bridgehead atoms. The lowest BCUT2D eigenvalue weighted by atomic mass is 9.99. The first-order chi connectivity index (χ1) is 10.1. The van der Waals surface area contributed by atoms with Gasteiger partial charge >= 0.3 is 0 Å². The third-order valence-corrected chi connectivity index (χ3v) is 3.45. The zero-order valence-electron chi connectivity index (χ0n) is 12.4. The van der Waals surface area contributed by atoms with Gasteiger partial charge in [-0.05, 0) is 49.6 Å². The third kappa shape index (κ3) is 4.36. The fourth-order valence-corrected chi connectivity index (χ4v) is 2.38. The van der Waals surface area contributed by atoms with E-state index in [-0.39, 0.29) is 11.9 Å². The van der Waals surface area contributed by atoms with Crippen LogP contribution in [0.4, 0.5) is 8.78 Å². The second-order valence-electron chi connectivity index (χ2n) is 5.23. The quantitative estimate of drug-likeness (QED) is 0.848. The maximum atomic E-state index is 14.0. The van der Waals surface area contributed by atoms with Gasteiger partial charge in [0.1, 0.15) is 11.6 Å². The number of rotatable bonds is 7. The van der Waals surface area contributed by atoms with Gasteiger partial charge in [-0.15, -0.1) is 0 Å². The van der Waals surface area contributed by atoms with E-state index in [0.29, 0.717) is 12.0 Å². The Balaban J connectivity index is 2.11. The molecule has 3 nitrogen and oxygen atoms in total. The van der Waals surface area contributed by atoms with Gasteiger partial charge < -0.3 is 5.32 Å². The van der Waals surface area contributed by atoms with Crippen LogP contribution >= 0.6 is 0 Å². The molecule has 0 amide bonds. The van der Waals surface area contributed by atoms with Crippen molar-refractivity contribution in [2.24, 2.45) is 7.05 Å². The highest BCUT2D eigenvalue weighted by atomic mass is 19.1. The van der Waals surface area contributed by atoms with Crippen molar-refractivity contribution in [2.45, 2.75) is 32.2 Å². The number of aromatic nitrogens is 2. The predicted octanol–water partition coefficient (Wildman–Crippen LogP) is 3.37. The average Bonchev–Trinajstić information content (AvgIpc) is 2.88. The van der Waals surface area contributed by atoms with E-state index in [9.17, 15) is 8.78 Å². The van der Waals surface area contributed by atoms with Crippen LogP contribution < -0.4 is 5.32 Å². The minimum atomic E-state index is -0.406. The lowest BCUT2D eigenvalue weighted by Crippen LogP contribution is -2.23. The van der Waals surface area contributed by atoms with E-state index in [1.165, 1.54) is 12.1 Å². The van der Waals surface area contributed by atoms with E-state index in [1.54, 1.807) is 10.9 Å². The summed E-state index contributed by atoms with van der Waals surface area (Å²) in [6, 6.07) is 3.43. The number of benzene rings is 1. The first-order valence-corrected chi connectivity index (χ1v) is 7.26. The topological polar surface area (TPSA) is 29.9 Å². The molecule has 2 aromatic rings. The van der Waals surface area contributed by atoms with Gasteiger partial charge in [0.25, 0.3) is 0 Å². The van der Waals surface area contributed by atoms with Crippen molar-refractivity contribution in [1.29, 1.82) is 0 Å². The minimum absolute atomic E-state index is 0.194. The monoisotopic (exact) mass is 293 g/mol. The molecule has 114 valence electrons. The van der Waals surface area contributed by atoms with Crippen molar-refractivity contribution in [3.05, 3.63) is 53.4 Å². The SMILES string of the molecule is CCCNC(CCc1cnn(C)c1)c1cc(F)ccc1F. The van der Waals surface area contributed by atoms with E-state index in [1.807, 2.05) is 20.2 Å². The molecule has 0 aliphatic rings. The van der Waals surface area contributed by atoms with Crippen molar-refractivity contribution >= 4 is 0 Å². The zero-order valence-corrected chi connectivity index (χ0v) is 12.4. The van der Waals surface area contributed by atoms with Gasteiger partial charge in [-0.25, -0.2) is 8.78 Å². The predicted molar refractivity (Wildman–Crippen MR) is 78.9 cm³/mol. The number of nitrogens with one attached hydrogen (secondary N) is 1. The summed E-state index contributed by atoms with van der Waals surface area (Å²) < 4.78 is 29.1. The number of nitrogens with zero attached hydrogens (tertiary/aromatic N) is 2. The summed E-state index contributed by atoms with van der Waals surface area (Å²) in [5.74, 6) is -0.771. The third-order valence-electron chi connectivity index (χ3n) is 3.45. The standard InChI is InChI=1S/C16H21F2N3/c1-3-8-19-16(7-4-12-10-20-21(2)11-12)14-9-13(17)5-6-15(14)18/h5-6,9-11,16,19H,3-4,7-8H2,1-2H3. The Morgan fingerprint density at radius 1 is 1.33 bits per heavy atom. The summed E-state index contributed by atoms with van der Waals surface area (Å²) in [5.41, 5.74) is 1.49. The molecule has 0 aliphatic carbocycles. The molecule has 1 atom stereocenters. The van der Waals surface area contributed by atoms with E-state index in [2.05, 4.69) is 10.4 Å². The van der Waals surface area contributed by atoms with Gasteiger partial charge in [-0.1, -0.05) is 6.92 Å². The molecule has 0 saturated carbocycles. The van der Waals surface area contributed by atoms with Crippen LogP contribution in [0.5, 0.6) is 0 Å². The van der Waals surface area contributed by atoms with Crippen LogP contribution in [-0.4, -0.2) is 16.3 Å². The van der Waals surface area contributed by atoms with E-state index >= 15 is 0 Å². The molecular formula is C16H21F2N3. The highest BCUT2D eigenvalue weighted by molar-refractivity contribution is 5.23. The number of hydrogen-bond acceptors (Lipinski definition) is 2. The van der Waals surface area contributed by atoms with Crippen LogP contribution in [0.15, 0.2) is 30.6 Å². The van der Waals surface area contributed by atoms with Gasteiger partial charge in [0, 0.05) is 24.8 Å². The summed E-state index contributed by atoms with van der Waals surface area (Å²) in [4.78, 5) is 0. The second kappa shape index (κ2) is 7.31. The molecule has 1 aromatic carbocycles. The Kier molecular flexibility index (Phi) is 5.44. The van der Waals surface area contributed by atoms with E-state index in [0.717, 1.165) is 31.0 Å². The van der Waals surface area contributed by atoms with Gasteiger partial charge in [0.15, 0.2) is 0 Å². The molecule has 1 heterocycles. The molecule has 0 aliphatic heterocycles. The van der Waals surface area contributed by atoms with E-state index < -0.39 is 5.82 Å². The van der Waals surface area contributed by atoms with Crippen LogP contribution in [0.25, 0.3) is 0 Å². The van der Waals surface area contributed by atoms with Crippen molar-refractivity contribution in [2.75, 3.05) is 6.54 Å². The molecular weight excluding hydrogens is 272 g/mol. The fourth-order valence-electron chi connectivity index (χ4n) is 2.38. The van der Waals surface area contributed by atoms with Crippen molar-refractivity contribution in [3.8, 4) is 0 Å².